The van der Waals surface area contributed by atoms with Crippen LogP contribution < -0.4 is 0 Å². The van der Waals surface area contributed by atoms with E-state index in [4.69, 9.17) is 9.47 Å². The first kappa shape index (κ1) is 30.0. The van der Waals surface area contributed by atoms with Gasteiger partial charge in [0.25, 0.3) is 0 Å². The van der Waals surface area contributed by atoms with Crippen LogP contribution in [0.1, 0.15) is 86.0 Å². The number of carboxylic acids is 1. The van der Waals surface area contributed by atoms with E-state index in [9.17, 15) is 30.0 Å². The Balaban J connectivity index is 1.68. The molecule has 0 spiro atoms. The molecule has 0 aromatic carbocycles. The van der Waals surface area contributed by atoms with Gasteiger partial charge in [-0.1, -0.05) is 39.3 Å². The van der Waals surface area contributed by atoms with Gasteiger partial charge in [-0.3, -0.25) is 9.59 Å². The van der Waals surface area contributed by atoms with Gasteiger partial charge in [0.2, 0.25) is 0 Å². The van der Waals surface area contributed by atoms with Gasteiger partial charge in [-0.2, -0.15) is 0 Å². The minimum Gasteiger partial charge on any atom is -0.481 e. The van der Waals surface area contributed by atoms with E-state index < -0.39 is 39.8 Å². The Morgan fingerprint density at radius 3 is 2.20 bits per heavy atom. The van der Waals surface area contributed by atoms with E-state index >= 15 is 0 Å². The lowest BCUT2D eigenvalue weighted by Gasteiger charge is -2.72. The molecule has 4 saturated carbocycles. The maximum atomic E-state index is 13.0. The van der Waals surface area contributed by atoms with Crippen molar-refractivity contribution in [2.24, 2.45) is 50.2 Å². The second-order valence-electron chi connectivity index (χ2n) is 15.3. The minimum atomic E-state index is -1.00. The van der Waals surface area contributed by atoms with E-state index in [-0.39, 0.29) is 47.3 Å². The predicted octanol–water partition coefficient (Wildman–Crippen LogP) is 3.95. The number of fused-ring (bicyclic) bond motifs is 7. The molecule has 5 aliphatic rings. The number of aliphatic carboxylic acids is 1. The molecule has 0 bridgehead atoms. The van der Waals surface area contributed by atoms with Gasteiger partial charge in [0.1, 0.15) is 0 Å². The van der Waals surface area contributed by atoms with E-state index in [0.29, 0.717) is 32.1 Å². The number of aliphatic hydroxyl groups excluding tert-OH is 3. The number of carbonyl (C=O) groups excluding carboxylic acids is 1. The summed E-state index contributed by atoms with van der Waals surface area (Å²) in [6, 6.07) is 0. The number of aliphatic hydroxyl groups is 3. The predicted molar refractivity (Wildman–Crippen MR) is 148 cm³/mol. The fourth-order valence-electron chi connectivity index (χ4n) is 11.3. The second kappa shape index (κ2) is 9.26. The summed E-state index contributed by atoms with van der Waals surface area (Å²) in [5.41, 5.74) is -2.47. The number of hydrogen-bond donors (Lipinski definition) is 4. The van der Waals surface area contributed by atoms with Crippen molar-refractivity contribution in [3.05, 3.63) is 11.6 Å². The minimum absolute atomic E-state index is 0.0153. The maximum Gasteiger partial charge on any atom is 0.311 e. The highest BCUT2D eigenvalue weighted by Crippen LogP contribution is 2.76. The quantitative estimate of drug-likeness (QED) is 0.299. The highest BCUT2D eigenvalue weighted by molar-refractivity contribution is 5.80. The average Bonchev–Trinajstić information content (AvgIpc) is 2.91. The summed E-state index contributed by atoms with van der Waals surface area (Å²) < 4.78 is 11.5. The molecule has 8 nitrogen and oxygen atoms in total. The summed E-state index contributed by atoms with van der Waals surface area (Å²) in [7, 11) is 3.10. The van der Waals surface area contributed by atoms with E-state index in [1.54, 1.807) is 7.11 Å². The smallest absolute Gasteiger partial charge is 0.311 e. The Kier molecular flexibility index (Phi) is 6.94. The van der Waals surface area contributed by atoms with E-state index in [1.807, 2.05) is 13.8 Å². The van der Waals surface area contributed by atoms with Crippen LogP contribution >= 0.6 is 0 Å². The molecule has 4 fully saturated rings. The van der Waals surface area contributed by atoms with Gasteiger partial charge < -0.3 is 29.9 Å². The Morgan fingerprint density at radius 2 is 1.62 bits per heavy atom. The lowest BCUT2D eigenvalue weighted by atomic mass is 9.33. The highest BCUT2D eigenvalue weighted by Gasteiger charge is 2.72. The number of rotatable bonds is 4. The van der Waals surface area contributed by atoms with E-state index in [2.05, 4.69) is 26.8 Å². The number of esters is 1. The van der Waals surface area contributed by atoms with Crippen molar-refractivity contribution in [1.29, 1.82) is 0 Å². The second-order valence-corrected chi connectivity index (χ2v) is 15.3. The molecule has 0 saturated heterocycles. The molecule has 0 radical (unpaired) electrons. The van der Waals surface area contributed by atoms with Crippen LogP contribution in [0.25, 0.3) is 0 Å². The standard InChI is InChI=1S/C32H50O8/c1-27(26(38)40-7)10-12-32(25(36)37)13-11-30(4)18(19(32)15-27)14-21(39-6)23-28(2)16-20(34)24(35)29(3,17-33)22(28)8-9-31(23,30)5/h14,19-24,33-35H,8-13,15-17H2,1-7H3,(H,36,37)/t19-,20-,21+,22+,23+,24-,27-,28-,29-,30+,31+,32-/m0/s1. The van der Waals surface area contributed by atoms with Gasteiger partial charge in [-0.05, 0) is 86.4 Å². The molecule has 0 aromatic heterocycles. The molecule has 5 aliphatic carbocycles. The molecule has 0 unspecified atom stereocenters. The van der Waals surface area contributed by atoms with Crippen LogP contribution in [0.5, 0.6) is 0 Å². The topological polar surface area (TPSA) is 134 Å². The van der Waals surface area contributed by atoms with E-state index in [0.717, 1.165) is 24.8 Å². The lowest BCUT2D eigenvalue weighted by molar-refractivity contribution is -0.260. The molecule has 8 heteroatoms. The molecule has 0 aliphatic heterocycles. The number of carbonyl (C=O) groups is 2. The monoisotopic (exact) mass is 562 g/mol. The summed E-state index contributed by atoms with van der Waals surface area (Å²) in [6.45, 7) is 10.4. The van der Waals surface area contributed by atoms with Gasteiger partial charge in [0, 0.05) is 18.4 Å². The maximum absolute atomic E-state index is 13.0. The van der Waals surface area contributed by atoms with Crippen molar-refractivity contribution in [2.75, 3.05) is 20.8 Å². The first-order valence-electron chi connectivity index (χ1n) is 15.1. The number of methoxy groups -OCH3 is 2. The molecule has 4 N–H and O–H groups in total. The molecule has 0 heterocycles. The van der Waals surface area contributed by atoms with Crippen LogP contribution in [-0.2, 0) is 19.1 Å². The van der Waals surface area contributed by atoms with Crippen LogP contribution in [0.3, 0.4) is 0 Å². The lowest BCUT2D eigenvalue weighted by Crippen LogP contribution is -2.70. The Hall–Kier alpha value is -1.48. The Labute approximate surface area is 238 Å². The average molecular weight is 563 g/mol. The number of carboxylic acid groups (broad SMARTS) is 1. The Morgan fingerprint density at radius 1 is 0.975 bits per heavy atom. The van der Waals surface area contributed by atoms with Crippen LogP contribution in [-0.4, -0.2) is 71.5 Å². The molecule has 226 valence electrons. The number of hydrogen-bond acceptors (Lipinski definition) is 7. The zero-order valence-electron chi connectivity index (χ0n) is 25.3. The number of allylic oxidation sites excluding steroid dienone is 1. The number of ether oxygens (including phenoxy) is 2. The van der Waals surface area contributed by atoms with Gasteiger partial charge in [-0.15, -0.1) is 0 Å². The van der Waals surface area contributed by atoms with Crippen LogP contribution in [0, 0.1) is 50.2 Å². The van der Waals surface area contributed by atoms with Gasteiger partial charge in [0.15, 0.2) is 0 Å². The Bertz CT molecular complexity index is 1100. The van der Waals surface area contributed by atoms with Crippen molar-refractivity contribution in [1.82, 2.24) is 0 Å². The van der Waals surface area contributed by atoms with Crippen molar-refractivity contribution in [2.45, 2.75) is 104 Å². The van der Waals surface area contributed by atoms with E-state index in [1.165, 1.54) is 7.11 Å². The third kappa shape index (κ3) is 3.51. The summed E-state index contributed by atoms with van der Waals surface area (Å²) >= 11 is 0. The fourth-order valence-corrected chi connectivity index (χ4v) is 11.3. The summed E-state index contributed by atoms with van der Waals surface area (Å²) in [6.07, 6.45) is 4.55. The molecular weight excluding hydrogens is 512 g/mol. The molecule has 0 aromatic rings. The summed E-state index contributed by atoms with van der Waals surface area (Å²) in [5, 5.41) is 43.4. The normalized spacial score (nSPS) is 53.7. The van der Waals surface area contributed by atoms with Gasteiger partial charge >= 0.3 is 11.9 Å². The third-order valence-corrected chi connectivity index (χ3v) is 13.8. The molecule has 5 rings (SSSR count). The first-order valence-corrected chi connectivity index (χ1v) is 15.1. The van der Waals surface area contributed by atoms with Crippen molar-refractivity contribution in [3.8, 4) is 0 Å². The zero-order valence-corrected chi connectivity index (χ0v) is 25.3. The van der Waals surface area contributed by atoms with Crippen molar-refractivity contribution >= 4 is 11.9 Å². The third-order valence-electron chi connectivity index (χ3n) is 13.8. The SMILES string of the molecule is COC(=O)[C@@]1(C)CC[C@]2(C(=O)O)CC[C@]3(C)C(=C[C@@H](OC)[C@@H]4[C@@]5(C)C[C@H](O)[C@H](O)[C@@](C)(CO)[C@@H]5CC[C@]43C)[C@@H]2C1. The van der Waals surface area contributed by atoms with Crippen molar-refractivity contribution in [3.63, 3.8) is 0 Å². The van der Waals surface area contributed by atoms with Crippen molar-refractivity contribution < 1.29 is 39.5 Å². The van der Waals surface area contributed by atoms with Crippen LogP contribution in [0.15, 0.2) is 11.6 Å². The fraction of sp³-hybridized carbons (Fsp3) is 0.875. The molecule has 12 atom stereocenters. The highest BCUT2D eigenvalue weighted by atomic mass is 16.5. The zero-order chi connectivity index (χ0) is 29.7. The molecular formula is C32H50O8. The summed E-state index contributed by atoms with van der Waals surface area (Å²) in [5.74, 6) is -1.42. The van der Waals surface area contributed by atoms with Crippen LogP contribution in [0.4, 0.5) is 0 Å². The van der Waals surface area contributed by atoms with Gasteiger partial charge in [-0.25, -0.2) is 0 Å². The van der Waals surface area contributed by atoms with Crippen LogP contribution in [0.2, 0.25) is 0 Å². The molecule has 40 heavy (non-hydrogen) atoms. The van der Waals surface area contributed by atoms with Gasteiger partial charge in [0.05, 0.1) is 42.9 Å². The molecule has 0 amide bonds. The first-order chi connectivity index (χ1) is 18.5. The largest absolute Gasteiger partial charge is 0.481 e. The summed E-state index contributed by atoms with van der Waals surface area (Å²) in [4.78, 5) is 26.0.